The number of aliphatic carboxylic acids is 2. The van der Waals surface area contributed by atoms with Gasteiger partial charge in [0, 0.05) is 48.7 Å². The van der Waals surface area contributed by atoms with Gasteiger partial charge in [-0.15, -0.1) is 11.3 Å². The van der Waals surface area contributed by atoms with Crippen molar-refractivity contribution in [3.63, 3.8) is 0 Å². The van der Waals surface area contributed by atoms with Crippen LogP contribution in [0.5, 0.6) is 0 Å². The van der Waals surface area contributed by atoms with Gasteiger partial charge in [-0.1, -0.05) is 6.07 Å². The molecule has 9 nitrogen and oxygen atoms in total. The van der Waals surface area contributed by atoms with E-state index in [0.717, 1.165) is 50.2 Å². The number of alkyl halides is 6. The molecule has 0 aliphatic carbocycles. The van der Waals surface area contributed by atoms with Gasteiger partial charge in [0.05, 0.1) is 37.1 Å². The molecule has 0 unspecified atom stereocenters. The number of fused-ring (bicyclic) bond motifs is 1. The summed E-state index contributed by atoms with van der Waals surface area (Å²) >= 11 is 1.68. The predicted octanol–water partition coefficient (Wildman–Crippen LogP) is 3.78. The molecular formula is C22H25F6N3O6S. The van der Waals surface area contributed by atoms with Crippen LogP contribution in [0, 0.1) is 18.3 Å². The van der Waals surface area contributed by atoms with Gasteiger partial charge in [0.1, 0.15) is 0 Å². The molecule has 0 saturated carbocycles. The molecule has 2 atom stereocenters. The summed E-state index contributed by atoms with van der Waals surface area (Å²) in [6.45, 7) is 8.09. The Morgan fingerprint density at radius 2 is 1.84 bits per heavy atom. The number of hydrogen-bond donors (Lipinski definition) is 2. The van der Waals surface area contributed by atoms with Crippen LogP contribution in [0.1, 0.15) is 16.3 Å². The second-order valence-electron chi connectivity index (χ2n) is 8.56. The van der Waals surface area contributed by atoms with Gasteiger partial charge < -0.3 is 19.7 Å². The maximum Gasteiger partial charge on any atom is 0.490 e. The number of carboxylic acid groups (broad SMARTS) is 2. The van der Waals surface area contributed by atoms with Gasteiger partial charge in [-0.2, -0.15) is 26.3 Å². The van der Waals surface area contributed by atoms with Gasteiger partial charge in [-0.05, 0) is 18.6 Å². The molecule has 4 rings (SSSR count). The number of hydrogen-bond acceptors (Lipinski definition) is 8. The third-order valence-corrected chi connectivity index (χ3v) is 6.33. The standard InChI is InChI=1S/C18H23N3O2S.2C2HF3O2/c1-14-20-17(10-24-14)9-23-13-18-11-21(7-16(18)8-22-12-18)6-15-3-2-4-19-5-15;2*3-2(4,5)1(6)7/h2-5,10,16H,6-9,11-13H2,1H3;2*(H,6,7)/t16-,18+;;/m1../s1. The van der Waals surface area contributed by atoms with Gasteiger partial charge >= 0.3 is 24.3 Å². The molecular weight excluding hydrogens is 548 g/mol. The molecule has 2 N–H and O–H groups in total. The first-order valence-corrected chi connectivity index (χ1v) is 11.8. The number of nitrogens with zero attached hydrogens (tertiary/aromatic N) is 3. The molecule has 4 heterocycles. The summed E-state index contributed by atoms with van der Waals surface area (Å²) < 4.78 is 75.3. The first kappa shape index (κ1) is 31.4. The lowest BCUT2D eigenvalue weighted by Gasteiger charge is -2.27. The normalized spacial score (nSPS) is 21.1. The Morgan fingerprint density at radius 3 is 2.34 bits per heavy atom. The number of rotatable bonds is 6. The molecule has 2 aromatic heterocycles. The monoisotopic (exact) mass is 573 g/mol. The van der Waals surface area contributed by atoms with E-state index in [1.807, 2.05) is 25.4 Å². The van der Waals surface area contributed by atoms with E-state index in [2.05, 4.69) is 26.3 Å². The zero-order valence-electron chi connectivity index (χ0n) is 20.0. The topological polar surface area (TPSA) is 122 Å². The van der Waals surface area contributed by atoms with Crippen LogP contribution in [-0.2, 0) is 32.2 Å². The molecule has 16 heteroatoms. The molecule has 2 aliphatic rings. The number of ether oxygens (including phenoxy) is 2. The third kappa shape index (κ3) is 9.81. The number of halogens is 6. The molecule has 2 fully saturated rings. The highest BCUT2D eigenvalue weighted by Gasteiger charge is 2.50. The number of aryl methyl sites for hydroxylation is 1. The second-order valence-corrected chi connectivity index (χ2v) is 9.62. The summed E-state index contributed by atoms with van der Waals surface area (Å²) in [5.41, 5.74) is 2.44. The van der Waals surface area contributed by atoms with Gasteiger partial charge in [0.2, 0.25) is 0 Å². The minimum Gasteiger partial charge on any atom is -0.475 e. The zero-order chi connectivity index (χ0) is 28.6. The quantitative estimate of drug-likeness (QED) is 0.498. The number of thiazole rings is 1. The van der Waals surface area contributed by atoms with E-state index < -0.39 is 24.3 Å². The summed E-state index contributed by atoms with van der Waals surface area (Å²) in [5, 5.41) is 17.4. The van der Waals surface area contributed by atoms with E-state index in [9.17, 15) is 26.3 Å². The van der Waals surface area contributed by atoms with E-state index in [-0.39, 0.29) is 5.41 Å². The lowest BCUT2D eigenvalue weighted by atomic mass is 9.82. The van der Waals surface area contributed by atoms with Gasteiger partial charge in [0.15, 0.2) is 0 Å². The summed E-state index contributed by atoms with van der Waals surface area (Å²) in [6, 6.07) is 4.15. The molecule has 0 radical (unpaired) electrons. The summed E-state index contributed by atoms with van der Waals surface area (Å²) in [4.78, 5) is 29.0. The Kier molecular flexibility index (Phi) is 11.0. The first-order valence-electron chi connectivity index (χ1n) is 10.9. The third-order valence-electron chi connectivity index (χ3n) is 5.51. The van der Waals surface area contributed by atoms with Crippen LogP contribution < -0.4 is 0 Å². The highest BCUT2D eigenvalue weighted by Crippen LogP contribution is 2.42. The van der Waals surface area contributed by atoms with Crippen molar-refractivity contribution < 1.29 is 55.6 Å². The van der Waals surface area contributed by atoms with Crippen LogP contribution in [0.2, 0.25) is 0 Å². The van der Waals surface area contributed by atoms with Crippen molar-refractivity contribution in [2.75, 3.05) is 32.9 Å². The molecule has 0 amide bonds. The van der Waals surface area contributed by atoms with Crippen molar-refractivity contribution >= 4 is 23.3 Å². The Balaban J connectivity index is 0.000000301. The number of pyridine rings is 1. The summed E-state index contributed by atoms with van der Waals surface area (Å²) in [6.07, 6.45) is -6.38. The summed E-state index contributed by atoms with van der Waals surface area (Å²) in [5.74, 6) is -4.95. The maximum absolute atomic E-state index is 10.6. The van der Waals surface area contributed by atoms with Gasteiger partial charge in [-0.25, -0.2) is 14.6 Å². The second kappa shape index (κ2) is 13.3. The van der Waals surface area contributed by atoms with Crippen molar-refractivity contribution in [2.45, 2.75) is 32.4 Å². The Bertz CT molecular complexity index is 1030. The largest absolute Gasteiger partial charge is 0.490 e. The summed E-state index contributed by atoms with van der Waals surface area (Å²) in [7, 11) is 0. The van der Waals surface area contributed by atoms with E-state index >= 15 is 0 Å². The fourth-order valence-electron chi connectivity index (χ4n) is 3.85. The number of carbonyl (C=O) groups is 2. The molecule has 0 aromatic carbocycles. The molecule has 212 valence electrons. The molecule has 2 aromatic rings. The smallest absolute Gasteiger partial charge is 0.475 e. The Hall–Kier alpha value is -2.82. The van der Waals surface area contributed by atoms with E-state index in [0.29, 0.717) is 12.5 Å². The molecule has 38 heavy (non-hydrogen) atoms. The number of likely N-dealkylation sites (tertiary alicyclic amines) is 1. The van der Waals surface area contributed by atoms with E-state index in [1.54, 1.807) is 11.3 Å². The lowest BCUT2D eigenvalue weighted by Crippen LogP contribution is -2.35. The SMILES string of the molecule is Cc1nc(COC[C@]23COC[C@H]2CN(Cc2cccnc2)C3)cs1.O=C(O)C(F)(F)F.O=C(O)C(F)(F)F. The van der Waals surface area contributed by atoms with Crippen LogP contribution in [0.3, 0.4) is 0 Å². The predicted molar refractivity (Wildman–Crippen MR) is 120 cm³/mol. The molecule has 2 aliphatic heterocycles. The highest BCUT2D eigenvalue weighted by molar-refractivity contribution is 7.09. The average Bonchev–Trinajstić information content (AvgIpc) is 3.48. The fraction of sp³-hybridized carbons (Fsp3) is 0.545. The van der Waals surface area contributed by atoms with Crippen LogP contribution in [0.15, 0.2) is 29.9 Å². The fourth-order valence-corrected chi connectivity index (χ4v) is 4.45. The molecule has 2 saturated heterocycles. The maximum atomic E-state index is 10.6. The minimum absolute atomic E-state index is 0.132. The lowest BCUT2D eigenvalue weighted by molar-refractivity contribution is -0.193. The number of aromatic nitrogens is 2. The Labute approximate surface area is 217 Å². The zero-order valence-corrected chi connectivity index (χ0v) is 20.8. The van der Waals surface area contributed by atoms with Crippen LogP contribution in [-0.4, -0.2) is 82.3 Å². The van der Waals surface area contributed by atoms with Crippen molar-refractivity contribution in [3.8, 4) is 0 Å². The Morgan fingerprint density at radius 1 is 1.21 bits per heavy atom. The van der Waals surface area contributed by atoms with Crippen molar-refractivity contribution in [1.82, 2.24) is 14.9 Å². The first-order chi connectivity index (χ1) is 17.6. The van der Waals surface area contributed by atoms with Crippen molar-refractivity contribution in [1.29, 1.82) is 0 Å². The average molecular weight is 574 g/mol. The minimum atomic E-state index is -5.08. The van der Waals surface area contributed by atoms with Crippen LogP contribution in [0.25, 0.3) is 0 Å². The van der Waals surface area contributed by atoms with Crippen LogP contribution in [0.4, 0.5) is 26.3 Å². The van der Waals surface area contributed by atoms with E-state index in [4.69, 9.17) is 29.3 Å². The highest BCUT2D eigenvalue weighted by atomic mass is 32.1. The molecule has 0 bridgehead atoms. The van der Waals surface area contributed by atoms with Crippen molar-refractivity contribution in [3.05, 3.63) is 46.2 Å². The number of carboxylic acids is 2. The molecule has 0 spiro atoms. The van der Waals surface area contributed by atoms with Gasteiger partial charge in [0.25, 0.3) is 0 Å². The van der Waals surface area contributed by atoms with E-state index in [1.165, 1.54) is 5.56 Å². The van der Waals surface area contributed by atoms with Crippen LogP contribution >= 0.6 is 11.3 Å². The van der Waals surface area contributed by atoms with Crippen molar-refractivity contribution in [2.24, 2.45) is 11.3 Å². The van der Waals surface area contributed by atoms with Gasteiger partial charge in [-0.3, -0.25) is 9.88 Å².